The van der Waals surface area contributed by atoms with Gasteiger partial charge in [0.25, 0.3) is 0 Å². The molecule has 0 bridgehead atoms. The Hall–Kier alpha value is -1.25. The predicted molar refractivity (Wildman–Crippen MR) is 46.6 cm³/mol. The lowest BCUT2D eigenvalue weighted by molar-refractivity contribution is 0.633. The van der Waals surface area contributed by atoms with Gasteiger partial charge in [0.05, 0.1) is 5.69 Å². The fraction of sp³-hybridized carbons (Fsp3) is 0.250. The third-order valence-corrected chi connectivity index (χ3v) is 1.02. The summed E-state index contributed by atoms with van der Waals surface area (Å²) in [4.78, 5) is 0. The molecule has 0 saturated heterocycles. The van der Waals surface area contributed by atoms with Gasteiger partial charge < -0.3 is 11.5 Å². The Labute approximate surface area is 66.0 Å². The van der Waals surface area contributed by atoms with Crippen LogP contribution in [0.3, 0.4) is 0 Å². The van der Waals surface area contributed by atoms with Crippen molar-refractivity contribution in [2.45, 2.75) is 13.8 Å². The van der Waals surface area contributed by atoms with E-state index in [-0.39, 0.29) is 5.69 Å². The van der Waals surface area contributed by atoms with Gasteiger partial charge in [-0.15, -0.1) is 0 Å². The molecule has 0 unspecified atom stereocenters. The summed E-state index contributed by atoms with van der Waals surface area (Å²) < 4.78 is 12.4. The highest BCUT2D eigenvalue weighted by atomic mass is 19.1. The second-order valence-electron chi connectivity index (χ2n) is 1.78. The molecule has 2 nitrogen and oxygen atoms in total. The van der Waals surface area contributed by atoms with E-state index in [1.807, 2.05) is 13.8 Å². The van der Waals surface area contributed by atoms with Gasteiger partial charge in [-0.05, 0) is 18.2 Å². The smallest absolute Gasteiger partial charge is 0.148 e. The summed E-state index contributed by atoms with van der Waals surface area (Å²) in [5, 5.41) is 0. The van der Waals surface area contributed by atoms with Crippen molar-refractivity contribution < 1.29 is 4.39 Å². The lowest BCUT2D eigenvalue weighted by atomic mass is 10.3. The molecule has 0 amide bonds. The summed E-state index contributed by atoms with van der Waals surface area (Å²) >= 11 is 0. The standard InChI is InChI=1S/C6H7FN2.C2H6/c7-5-3-4(8)1-2-6(5)9;1-2/h1-3H,8-9H2;1-2H3. The maximum Gasteiger partial charge on any atom is 0.148 e. The van der Waals surface area contributed by atoms with Crippen molar-refractivity contribution in [3.63, 3.8) is 0 Å². The van der Waals surface area contributed by atoms with Crippen molar-refractivity contribution in [3.8, 4) is 0 Å². The van der Waals surface area contributed by atoms with Crippen LogP contribution in [0.15, 0.2) is 18.2 Å². The Morgan fingerprint density at radius 1 is 1.18 bits per heavy atom. The quantitative estimate of drug-likeness (QED) is 0.564. The number of anilines is 2. The summed E-state index contributed by atoms with van der Waals surface area (Å²) in [6, 6.07) is 4.18. The molecule has 4 N–H and O–H groups in total. The van der Waals surface area contributed by atoms with Gasteiger partial charge in [-0.1, -0.05) is 13.8 Å². The number of nitrogen functional groups attached to an aromatic ring is 2. The molecule has 1 rings (SSSR count). The van der Waals surface area contributed by atoms with E-state index in [4.69, 9.17) is 11.5 Å². The number of rotatable bonds is 0. The molecular weight excluding hydrogens is 143 g/mol. The molecule has 1 aromatic carbocycles. The lowest BCUT2D eigenvalue weighted by Crippen LogP contribution is -1.92. The minimum Gasteiger partial charge on any atom is -0.399 e. The third kappa shape index (κ3) is 2.89. The maximum atomic E-state index is 12.4. The van der Waals surface area contributed by atoms with E-state index in [0.717, 1.165) is 0 Å². The Bertz CT molecular complexity index is 223. The highest BCUT2D eigenvalue weighted by Crippen LogP contribution is 2.12. The van der Waals surface area contributed by atoms with Crippen LogP contribution >= 0.6 is 0 Å². The van der Waals surface area contributed by atoms with Crippen LogP contribution in [0.5, 0.6) is 0 Å². The molecule has 0 spiro atoms. The molecule has 0 atom stereocenters. The number of nitrogens with two attached hydrogens (primary N) is 2. The van der Waals surface area contributed by atoms with E-state index in [1.54, 1.807) is 6.07 Å². The first kappa shape index (κ1) is 9.75. The van der Waals surface area contributed by atoms with E-state index < -0.39 is 5.82 Å². The zero-order valence-corrected chi connectivity index (χ0v) is 6.76. The van der Waals surface area contributed by atoms with E-state index >= 15 is 0 Å². The van der Waals surface area contributed by atoms with E-state index in [9.17, 15) is 4.39 Å². The lowest BCUT2D eigenvalue weighted by Gasteiger charge is -1.95. The summed E-state index contributed by atoms with van der Waals surface area (Å²) in [5.41, 5.74) is 10.9. The SMILES string of the molecule is CC.Nc1ccc(N)c(F)c1. The zero-order valence-electron chi connectivity index (χ0n) is 6.76. The van der Waals surface area contributed by atoms with Crippen LogP contribution in [0.25, 0.3) is 0 Å². The minimum absolute atomic E-state index is 0.129. The molecule has 1 aromatic rings. The van der Waals surface area contributed by atoms with Gasteiger partial charge in [0, 0.05) is 5.69 Å². The fourth-order valence-electron chi connectivity index (χ4n) is 0.543. The average molecular weight is 156 g/mol. The van der Waals surface area contributed by atoms with Gasteiger partial charge in [-0.25, -0.2) is 4.39 Å². The first-order chi connectivity index (χ1) is 5.20. The molecule has 0 aromatic heterocycles. The number of halogens is 1. The second-order valence-corrected chi connectivity index (χ2v) is 1.78. The third-order valence-electron chi connectivity index (χ3n) is 1.02. The molecule has 11 heavy (non-hydrogen) atoms. The summed E-state index contributed by atoms with van der Waals surface area (Å²) in [5.74, 6) is -0.463. The van der Waals surface area contributed by atoms with Crippen LogP contribution in [0.4, 0.5) is 15.8 Å². The van der Waals surface area contributed by atoms with Crippen LogP contribution in [0.1, 0.15) is 13.8 Å². The van der Waals surface area contributed by atoms with Crippen molar-refractivity contribution in [2.75, 3.05) is 11.5 Å². The summed E-state index contributed by atoms with van der Waals surface area (Å²) in [6.45, 7) is 4.00. The van der Waals surface area contributed by atoms with Crippen LogP contribution in [-0.2, 0) is 0 Å². The molecule has 0 saturated carbocycles. The van der Waals surface area contributed by atoms with Gasteiger partial charge in [0.15, 0.2) is 0 Å². The highest BCUT2D eigenvalue weighted by molar-refractivity contribution is 5.49. The Morgan fingerprint density at radius 2 is 1.73 bits per heavy atom. The summed E-state index contributed by atoms with van der Waals surface area (Å²) in [6.07, 6.45) is 0. The Balaban J connectivity index is 0.000000461. The van der Waals surface area contributed by atoms with Crippen LogP contribution < -0.4 is 11.5 Å². The monoisotopic (exact) mass is 156 g/mol. The van der Waals surface area contributed by atoms with Crippen LogP contribution in [0, 0.1) is 5.82 Å². The predicted octanol–water partition coefficient (Wildman–Crippen LogP) is 2.02. The largest absolute Gasteiger partial charge is 0.399 e. The van der Waals surface area contributed by atoms with Crippen molar-refractivity contribution in [2.24, 2.45) is 0 Å². The molecule has 62 valence electrons. The van der Waals surface area contributed by atoms with Gasteiger partial charge in [0.1, 0.15) is 5.82 Å². The van der Waals surface area contributed by atoms with E-state index in [1.165, 1.54) is 12.1 Å². The highest BCUT2D eigenvalue weighted by Gasteiger charge is 1.94. The maximum absolute atomic E-state index is 12.4. The first-order valence-corrected chi connectivity index (χ1v) is 3.50. The number of hydrogen-bond donors (Lipinski definition) is 2. The topological polar surface area (TPSA) is 52.0 Å². The molecule has 0 aliphatic rings. The molecule has 0 fully saturated rings. The number of hydrogen-bond acceptors (Lipinski definition) is 2. The molecule has 0 aliphatic heterocycles. The molecular formula is C8H13FN2. The normalized spacial score (nSPS) is 8.27. The number of benzene rings is 1. The first-order valence-electron chi connectivity index (χ1n) is 3.50. The van der Waals surface area contributed by atoms with E-state index in [0.29, 0.717) is 5.69 Å². The molecule has 3 heteroatoms. The van der Waals surface area contributed by atoms with Crippen molar-refractivity contribution in [3.05, 3.63) is 24.0 Å². The van der Waals surface area contributed by atoms with Gasteiger partial charge >= 0.3 is 0 Å². The molecule has 0 heterocycles. The van der Waals surface area contributed by atoms with Crippen molar-refractivity contribution in [1.82, 2.24) is 0 Å². The van der Waals surface area contributed by atoms with Gasteiger partial charge in [-0.2, -0.15) is 0 Å². The van der Waals surface area contributed by atoms with Crippen molar-refractivity contribution in [1.29, 1.82) is 0 Å². The van der Waals surface area contributed by atoms with E-state index in [2.05, 4.69) is 0 Å². The van der Waals surface area contributed by atoms with Crippen LogP contribution in [-0.4, -0.2) is 0 Å². The Morgan fingerprint density at radius 3 is 2.09 bits per heavy atom. The fourth-order valence-corrected chi connectivity index (χ4v) is 0.543. The average Bonchev–Trinajstić information content (AvgIpc) is 2.02. The zero-order chi connectivity index (χ0) is 8.85. The summed E-state index contributed by atoms with van der Waals surface area (Å²) in [7, 11) is 0. The van der Waals surface area contributed by atoms with Crippen LogP contribution in [0.2, 0.25) is 0 Å². The molecule has 0 aliphatic carbocycles. The minimum atomic E-state index is -0.463. The van der Waals surface area contributed by atoms with Crippen molar-refractivity contribution >= 4 is 11.4 Å². The van der Waals surface area contributed by atoms with Gasteiger partial charge in [0.2, 0.25) is 0 Å². The molecule has 0 radical (unpaired) electrons. The Kier molecular flexibility index (Phi) is 4.03. The van der Waals surface area contributed by atoms with Gasteiger partial charge in [-0.3, -0.25) is 0 Å². The second kappa shape index (κ2) is 4.55.